The minimum absolute atomic E-state index is 0.0196. The van der Waals surface area contributed by atoms with Gasteiger partial charge in [-0.15, -0.1) is 11.3 Å². The molecule has 0 fully saturated rings. The third-order valence-electron chi connectivity index (χ3n) is 2.65. The van der Waals surface area contributed by atoms with Gasteiger partial charge >= 0.3 is 0 Å². The number of thiocarbonyl (C=S) groups is 1. The molecule has 102 valence electrons. The molecule has 0 radical (unpaired) electrons. The summed E-state index contributed by atoms with van der Waals surface area (Å²) in [5.74, 6) is 0. The first-order valence-corrected chi connectivity index (χ1v) is 8.41. The van der Waals surface area contributed by atoms with E-state index in [-0.39, 0.29) is 4.99 Å². The van der Waals surface area contributed by atoms with E-state index in [1.165, 1.54) is 11.3 Å². The molecule has 0 aliphatic rings. The fraction of sp³-hybridized carbons (Fsp3) is 0.273. The molecule has 0 saturated carbocycles. The molecule has 0 spiro atoms. The molecule has 0 saturated heterocycles. The Morgan fingerprint density at radius 1 is 1.58 bits per heavy atom. The van der Waals surface area contributed by atoms with Crippen LogP contribution in [0.1, 0.15) is 13.3 Å². The molecule has 0 aliphatic heterocycles. The number of aromatic nitrogens is 1. The Bertz CT molecular complexity index is 709. The van der Waals surface area contributed by atoms with Gasteiger partial charge in [-0.1, -0.05) is 19.1 Å². The molecule has 5 nitrogen and oxygen atoms in total. The number of nitrogens with zero attached hydrogens (tertiary/aromatic N) is 1. The fourth-order valence-electron chi connectivity index (χ4n) is 1.73. The second-order valence-corrected chi connectivity index (χ2v) is 7.20. The molecule has 2 rings (SSSR count). The monoisotopic (exact) mass is 315 g/mol. The van der Waals surface area contributed by atoms with Crippen LogP contribution in [0, 0.1) is 0 Å². The first-order chi connectivity index (χ1) is 8.94. The second-order valence-electron chi connectivity index (χ2n) is 3.98. The first kappa shape index (κ1) is 14.2. The van der Waals surface area contributed by atoms with Gasteiger partial charge in [-0.2, -0.15) is 0 Å². The summed E-state index contributed by atoms with van der Waals surface area (Å²) >= 11 is 6.25. The van der Waals surface area contributed by atoms with Crippen molar-refractivity contribution >= 4 is 54.5 Å². The third-order valence-corrected chi connectivity index (χ3v) is 5.74. The molecule has 8 heteroatoms. The lowest BCUT2D eigenvalue weighted by Gasteiger charge is -2.15. The van der Waals surface area contributed by atoms with Gasteiger partial charge < -0.3 is 5.73 Å². The number of nitrogens with two attached hydrogens (primary N) is 1. The van der Waals surface area contributed by atoms with Crippen molar-refractivity contribution in [2.75, 3.05) is 4.72 Å². The Labute approximate surface area is 120 Å². The van der Waals surface area contributed by atoms with Gasteiger partial charge in [0.1, 0.15) is 5.25 Å². The molecular weight excluding hydrogens is 302 g/mol. The number of nitrogens with one attached hydrogen (secondary N) is 1. The molecule has 1 aromatic carbocycles. The number of hydrogen-bond acceptors (Lipinski definition) is 5. The summed E-state index contributed by atoms with van der Waals surface area (Å²) in [5, 5.41) is -0.861. The maximum absolute atomic E-state index is 12.2. The van der Waals surface area contributed by atoms with Gasteiger partial charge in [0, 0.05) is 0 Å². The number of hydrogen-bond donors (Lipinski definition) is 2. The Balaban J connectivity index is 2.30. The van der Waals surface area contributed by atoms with E-state index < -0.39 is 15.3 Å². The van der Waals surface area contributed by atoms with Crippen LogP contribution in [0.15, 0.2) is 23.7 Å². The van der Waals surface area contributed by atoms with Gasteiger partial charge in [0.25, 0.3) is 0 Å². The van der Waals surface area contributed by atoms with Crippen LogP contribution >= 0.6 is 23.6 Å². The molecule has 1 atom stereocenters. The van der Waals surface area contributed by atoms with Crippen LogP contribution < -0.4 is 10.5 Å². The Hall–Kier alpha value is -1.25. The topological polar surface area (TPSA) is 85.1 Å². The molecule has 0 aliphatic carbocycles. The number of thiazole rings is 1. The quantitative estimate of drug-likeness (QED) is 0.825. The lowest BCUT2D eigenvalue weighted by molar-refractivity contribution is 0.594. The minimum Gasteiger partial charge on any atom is -0.392 e. The van der Waals surface area contributed by atoms with Crippen LogP contribution in [0.4, 0.5) is 5.69 Å². The average Bonchev–Trinajstić information content (AvgIpc) is 2.75. The highest BCUT2D eigenvalue weighted by atomic mass is 32.2. The van der Waals surface area contributed by atoms with Crippen molar-refractivity contribution in [2.45, 2.75) is 18.6 Å². The Kier molecular flexibility index (Phi) is 4.02. The number of benzene rings is 1. The average molecular weight is 315 g/mol. The van der Waals surface area contributed by atoms with E-state index >= 15 is 0 Å². The van der Waals surface area contributed by atoms with Crippen molar-refractivity contribution in [3.8, 4) is 0 Å². The summed E-state index contributed by atoms with van der Waals surface area (Å²) in [5.41, 5.74) is 8.51. The van der Waals surface area contributed by atoms with Crippen LogP contribution in [-0.2, 0) is 10.0 Å². The highest BCUT2D eigenvalue weighted by molar-refractivity contribution is 7.95. The summed E-state index contributed by atoms with van der Waals surface area (Å²) in [4.78, 5) is 4.12. The van der Waals surface area contributed by atoms with E-state index in [0.717, 1.165) is 10.2 Å². The van der Waals surface area contributed by atoms with Crippen LogP contribution in [0.2, 0.25) is 0 Å². The normalized spacial score (nSPS) is 13.3. The maximum Gasteiger partial charge on any atom is 0.242 e. The number of sulfonamides is 1. The standard InChI is InChI=1S/C11H13N3O2S3/c1-2-10(11(12)17)19(15,16)14-7-3-4-8-9(5-7)18-6-13-8/h3-6,10,14H,2H2,1H3,(H2,12,17). The van der Waals surface area contributed by atoms with E-state index in [4.69, 9.17) is 18.0 Å². The lowest BCUT2D eigenvalue weighted by atomic mass is 10.3. The second kappa shape index (κ2) is 5.40. The zero-order valence-corrected chi connectivity index (χ0v) is 12.6. The van der Waals surface area contributed by atoms with Crippen molar-refractivity contribution in [2.24, 2.45) is 5.73 Å². The molecule has 0 amide bonds. The predicted molar refractivity (Wildman–Crippen MR) is 83.0 cm³/mol. The van der Waals surface area contributed by atoms with Crippen molar-refractivity contribution in [3.05, 3.63) is 23.7 Å². The third kappa shape index (κ3) is 3.02. The van der Waals surface area contributed by atoms with Crippen LogP contribution in [-0.4, -0.2) is 23.6 Å². The number of rotatable bonds is 5. The van der Waals surface area contributed by atoms with Gasteiger partial charge in [-0.3, -0.25) is 4.72 Å². The molecule has 1 unspecified atom stereocenters. The lowest BCUT2D eigenvalue weighted by Crippen LogP contribution is -2.37. The van der Waals surface area contributed by atoms with E-state index in [9.17, 15) is 8.42 Å². The highest BCUT2D eigenvalue weighted by Gasteiger charge is 2.26. The van der Waals surface area contributed by atoms with Gasteiger partial charge in [0.05, 0.1) is 26.4 Å². The zero-order valence-electron chi connectivity index (χ0n) is 10.2. The summed E-state index contributed by atoms with van der Waals surface area (Å²) < 4.78 is 27.7. The largest absolute Gasteiger partial charge is 0.392 e. The molecule has 1 heterocycles. The predicted octanol–water partition coefficient (Wildman–Crippen LogP) is 2.10. The molecule has 2 aromatic rings. The SMILES string of the molecule is CCC(C(N)=S)S(=O)(=O)Nc1ccc2ncsc2c1. The van der Waals surface area contributed by atoms with Crippen LogP contribution in [0.3, 0.4) is 0 Å². The van der Waals surface area contributed by atoms with E-state index in [1.807, 2.05) is 0 Å². The van der Waals surface area contributed by atoms with Crippen LogP contribution in [0.5, 0.6) is 0 Å². The highest BCUT2D eigenvalue weighted by Crippen LogP contribution is 2.23. The van der Waals surface area contributed by atoms with Gasteiger partial charge in [-0.25, -0.2) is 13.4 Å². The van der Waals surface area contributed by atoms with E-state index in [1.54, 1.807) is 30.6 Å². The smallest absolute Gasteiger partial charge is 0.242 e. The first-order valence-electron chi connectivity index (χ1n) is 5.58. The molecule has 19 heavy (non-hydrogen) atoms. The molecular formula is C11H13N3O2S3. The molecule has 0 bridgehead atoms. The Morgan fingerprint density at radius 3 is 2.95 bits per heavy atom. The van der Waals surface area contributed by atoms with Crippen molar-refractivity contribution in [1.82, 2.24) is 4.98 Å². The van der Waals surface area contributed by atoms with Gasteiger partial charge in [-0.05, 0) is 24.6 Å². The maximum atomic E-state index is 12.2. The summed E-state index contributed by atoms with van der Waals surface area (Å²) in [6, 6.07) is 5.19. The van der Waals surface area contributed by atoms with E-state index in [2.05, 4.69) is 9.71 Å². The number of anilines is 1. The summed E-state index contributed by atoms with van der Waals surface area (Å²) in [6.45, 7) is 1.73. The van der Waals surface area contributed by atoms with Crippen molar-refractivity contribution < 1.29 is 8.42 Å². The summed E-state index contributed by atoms with van der Waals surface area (Å²) in [7, 11) is -3.61. The molecule has 1 aromatic heterocycles. The van der Waals surface area contributed by atoms with Crippen molar-refractivity contribution in [1.29, 1.82) is 0 Å². The fourth-order valence-corrected chi connectivity index (χ4v) is 4.33. The van der Waals surface area contributed by atoms with Crippen molar-refractivity contribution in [3.63, 3.8) is 0 Å². The Morgan fingerprint density at radius 2 is 2.32 bits per heavy atom. The van der Waals surface area contributed by atoms with Gasteiger partial charge in [0.15, 0.2) is 0 Å². The van der Waals surface area contributed by atoms with Gasteiger partial charge in [0.2, 0.25) is 10.0 Å². The number of fused-ring (bicyclic) bond motifs is 1. The zero-order chi connectivity index (χ0) is 14.0. The van der Waals surface area contributed by atoms with E-state index in [0.29, 0.717) is 12.1 Å². The molecule has 3 N–H and O–H groups in total. The minimum atomic E-state index is -3.61. The summed E-state index contributed by atoms with van der Waals surface area (Å²) in [6.07, 6.45) is 0.341. The van der Waals surface area contributed by atoms with Crippen LogP contribution in [0.25, 0.3) is 10.2 Å².